The van der Waals surface area contributed by atoms with Crippen LogP contribution in [-0.2, 0) is 6.54 Å². The first-order valence-electron chi connectivity index (χ1n) is 6.17. The number of rotatable bonds is 3. The molecule has 4 N–H and O–H groups in total. The Kier molecular flexibility index (Phi) is 3.45. The van der Waals surface area contributed by atoms with E-state index in [1.807, 2.05) is 24.3 Å². The molecule has 0 fully saturated rings. The van der Waals surface area contributed by atoms with Gasteiger partial charge in [0.1, 0.15) is 0 Å². The fourth-order valence-corrected chi connectivity index (χ4v) is 2.19. The normalized spacial score (nSPS) is 12.2. The van der Waals surface area contributed by atoms with Crippen LogP contribution in [0.15, 0.2) is 42.5 Å². The van der Waals surface area contributed by atoms with Crippen LogP contribution in [0, 0.1) is 0 Å². The number of fused-ring (bicyclic) bond motifs is 1. The van der Waals surface area contributed by atoms with Crippen LogP contribution in [0.25, 0.3) is 0 Å². The van der Waals surface area contributed by atoms with Crippen LogP contribution in [0.1, 0.15) is 15.9 Å². The Balaban J connectivity index is 1.69. The summed E-state index contributed by atoms with van der Waals surface area (Å²) in [5.74, 6) is -0.138. The fraction of sp³-hybridized carbons (Fsp3) is 0.0714. The van der Waals surface area contributed by atoms with Crippen LogP contribution in [0.2, 0.25) is 5.02 Å². The van der Waals surface area contributed by atoms with E-state index in [1.165, 1.54) is 0 Å². The molecule has 5 nitrogen and oxygen atoms in total. The summed E-state index contributed by atoms with van der Waals surface area (Å²) in [5.41, 5.74) is 11.8. The van der Waals surface area contributed by atoms with Crippen molar-refractivity contribution in [3.05, 3.63) is 58.6 Å². The molecule has 6 heteroatoms. The van der Waals surface area contributed by atoms with Crippen molar-refractivity contribution < 1.29 is 4.79 Å². The van der Waals surface area contributed by atoms with Gasteiger partial charge in [-0.15, -0.1) is 5.53 Å². The molecule has 0 aliphatic carbocycles. The number of hydrogen-bond donors (Lipinski definition) is 4. The van der Waals surface area contributed by atoms with Crippen molar-refractivity contribution in [2.75, 3.05) is 10.9 Å². The monoisotopic (exact) mass is 288 g/mol. The minimum absolute atomic E-state index is 0.138. The molecule has 0 saturated heterocycles. The Labute approximate surface area is 121 Å². The third-order valence-corrected chi connectivity index (χ3v) is 3.44. The van der Waals surface area contributed by atoms with Crippen LogP contribution >= 0.6 is 11.6 Å². The molecule has 0 aromatic heterocycles. The van der Waals surface area contributed by atoms with Gasteiger partial charge in [0, 0.05) is 17.1 Å². The Hall–Kier alpha value is -2.24. The summed E-state index contributed by atoms with van der Waals surface area (Å²) in [5, 5.41) is 3.51. The van der Waals surface area contributed by atoms with E-state index in [4.69, 9.17) is 11.6 Å². The van der Waals surface area contributed by atoms with Crippen molar-refractivity contribution in [3.63, 3.8) is 0 Å². The summed E-state index contributed by atoms with van der Waals surface area (Å²) in [6.45, 7) is 0.402. The Morgan fingerprint density at radius 3 is 2.75 bits per heavy atom. The molecule has 102 valence electrons. The zero-order valence-corrected chi connectivity index (χ0v) is 11.3. The van der Waals surface area contributed by atoms with Crippen molar-refractivity contribution in [3.8, 4) is 0 Å². The lowest BCUT2D eigenvalue weighted by Gasteiger charge is -2.07. The molecule has 0 spiro atoms. The lowest BCUT2D eigenvalue weighted by molar-refractivity contribution is 0.0951. The topological polar surface area (TPSA) is 65.2 Å². The van der Waals surface area contributed by atoms with Gasteiger partial charge in [-0.25, -0.2) is 0 Å². The Bertz CT molecular complexity index is 659. The zero-order chi connectivity index (χ0) is 13.9. The summed E-state index contributed by atoms with van der Waals surface area (Å²) >= 11 is 6.05. The second-order valence-electron chi connectivity index (χ2n) is 4.41. The summed E-state index contributed by atoms with van der Waals surface area (Å²) in [4.78, 5) is 12.1. The predicted octanol–water partition coefficient (Wildman–Crippen LogP) is 2.53. The standard InChI is InChI=1S/C14H13ClN4O/c15-11-4-2-1-3-10(11)8-16-14(20)9-5-6-12-13(7-9)18-19-17-12/h1-7,17-19H,8H2,(H,16,20). The molecule has 2 aromatic rings. The molecule has 0 saturated carbocycles. The highest BCUT2D eigenvalue weighted by molar-refractivity contribution is 6.31. The van der Waals surface area contributed by atoms with Gasteiger partial charge in [0.2, 0.25) is 0 Å². The number of anilines is 2. The van der Waals surface area contributed by atoms with Crippen molar-refractivity contribution >= 4 is 28.9 Å². The van der Waals surface area contributed by atoms with Crippen molar-refractivity contribution in [2.24, 2.45) is 0 Å². The van der Waals surface area contributed by atoms with Crippen LogP contribution in [0.3, 0.4) is 0 Å². The van der Waals surface area contributed by atoms with Crippen molar-refractivity contribution in [2.45, 2.75) is 6.54 Å². The minimum Gasteiger partial charge on any atom is -0.348 e. The SMILES string of the molecule is O=C(NCc1ccccc1Cl)c1ccc2c(c1)NNN2. The number of hydrogen-bond acceptors (Lipinski definition) is 4. The van der Waals surface area contributed by atoms with Gasteiger partial charge in [-0.1, -0.05) is 29.8 Å². The van der Waals surface area contributed by atoms with E-state index >= 15 is 0 Å². The average molecular weight is 289 g/mol. The van der Waals surface area contributed by atoms with Crippen LogP contribution in [0.5, 0.6) is 0 Å². The Morgan fingerprint density at radius 1 is 1.10 bits per heavy atom. The molecule has 3 rings (SSSR count). The number of amides is 1. The summed E-state index contributed by atoms with van der Waals surface area (Å²) < 4.78 is 0. The molecule has 1 aliphatic heterocycles. The third-order valence-electron chi connectivity index (χ3n) is 3.07. The van der Waals surface area contributed by atoms with E-state index in [1.54, 1.807) is 18.2 Å². The third kappa shape index (κ3) is 2.54. The number of nitrogens with one attached hydrogen (secondary N) is 4. The zero-order valence-electron chi connectivity index (χ0n) is 10.5. The largest absolute Gasteiger partial charge is 0.348 e. The highest BCUT2D eigenvalue weighted by Crippen LogP contribution is 2.25. The smallest absolute Gasteiger partial charge is 0.251 e. The number of carbonyl (C=O) groups is 1. The second-order valence-corrected chi connectivity index (χ2v) is 4.82. The molecule has 1 amide bonds. The first-order valence-corrected chi connectivity index (χ1v) is 6.54. The number of hydrazine groups is 2. The van der Waals surface area contributed by atoms with Gasteiger partial charge in [0.05, 0.1) is 11.4 Å². The second kappa shape index (κ2) is 5.40. The van der Waals surface area contributed by atoms with E-state index in [0.717, 1.165) is 16.9 Å². The lowest BCUT2D eigenvalue weighted by atomic mass is 10.1. The maximum absolute atomic E-state index is 12.1. The number of halogens is 1. The first-order chi connectivity index (χ1) is 9.74. The molecule has 2 aromatic carbocycles. The summed E-state index contributed by atoms with van der Waals surface area (Å²) in [6, 6.07) is 12.8. The molecular formula is C14H13ClN4O. The Morgan fingerprint density at radius 2 is 1.90 bits per heavy atom. The number of carbonyl (C=O) groups excluding carboxylic acids is 1. The minimum atomic E-state index is -0.138. The molecule has 1 heterocycles. The highest BCUT2D eigenvalue weighted by Gasteiger charge is 2.13. The molecular weight excluding hydrogens is 276 g/mol. The maximum atomic E-state index is 12.1. The number of benzene rings is 2. The van der Waals surface area contributed by atoms with Gasteiger partial charge in [-0.05, 0) is 29.8 Å². The fourth-order valence-electron chi connectivity index (χ4n) is 1.98. The highest BCUT2D eigenvalue weighted by atomic mass is 35.5. The molecule has 20 heavy (non-hydrogen) atoms. The first kappa shape index (κ1) is 12.8. The summed E-state index contributed by atoms with van der Waals surface area (Å²) in [7, 11) is 0. The van der Waals surface area contributed by atoms with Gasteiger partial charge < -0.3 is 16.2 Å². The van der Waals surface area contributed by atoms with Gasteiger partial charge in [0.25, 0.3) is 5.91 Å². The molecule has 0 radical (unpaired) electrons. The van der Waals surface area contributed by atoms with E-state index in [0.29, 0.717) is 17.1 Å². The van der Waals surface area contributed by atoms with E-state index in [9.17, 15) is 4.79 Å². The van der Waals surface area contributed by atoms with E-state index in [-0.39, 0.29) is 5.91 Å². The average Bonchev–Trinajstić information content (AvgIpc) is 2.93. The van der Waals surface area contributed by atoms with E-state index < -0.39 is 0 Å². The van der Waals surface area contributed by atoms with Gasteiger partial charge in [-0.3, -0.25) is 4.79 Å². The molecule has 0 unspecified atom stereocenters. The summed E-state index contributed by atoms with van der Waals surface area (Å²) in [6.07, 6.45) is 0. The van der Waals surface area contributed by atoms with Crippen LogP contribution < -0.4 is 21.7 Å². The molecule has 1 aliphatic rings. The van der Waals surface area contributed by atoms with Crippen LogP contribution in [-0.4, -0.2) is 5.91 Å². The quantitative estimate of drug-likeness (QED) is 0.701. The molecule has 0 atom stereocenters. The van der Waals surface area contributed by atoms with Crippen molar-refractivity contribution in [1.29, 1.82) is 0 Å². The van der Waals surface area contributed by atoms with Gasteiger partial charge >= 0.3 is 0 Å². The van der Waals surface area contributed by atoms with Crippen molar-refractivity contribution in [1.82, 2.24) is 10.9 Å². The van der Waals surface area contributed by atoms with E-state index in [2.05, 4.69) is 21.7 Å². The maximum Gasteiger partial charge on any atom is 0.251 e. The van der Waals surface area contributed by atoms with Gasteiger partial charge in [0.15, 0.2) is 0 Å². The predicted molar refractivity (Wildman–Crippen MR) is 79.4 cm³/mol. The lowest BCUT2D eigenvalue weighted by Crippen LogP contribution is -2.23. The molecule has 0 bridgehead atoms. The van der Waals surface area contributed by atoms with Gasteiger partial charge in [-0.2, -0.15) is 0 Å². The van der Waals surface area contributed by atoms with Crippen LogP contribution in [0.4, 0.5) is 11.4 Å².